The molecule has 1 aliphatic heterocycles. The quantitative estimate of drug-likeness (QED) is 0.395. The van der Waals surface area contributed by atoms with Gasteiger partial charge in [-0.25, -0.2) is 0 Å². The van der Waals surface area contributed by atoms with Gasteiger partial charge in [0.25, 0.3) is 0 Å². The van der Waals surface area contributed by atoms with E-state index in [1.165, 1.54) is 0 Å². The lowest BCUT2D eigenvalue weighted by Crippen LogP contribution is -2.18. The van der Waals surface area contributed by atoms with Crippen molar-refractivity contribution in [3.63, 3.8) is 0 Å². The number of carbonyl (C=O) groups is 1. The second-order valence-corrected chi connectivity index (χ2v) is 9.02. The molecule has 1 fully saturated rings. The lowest BCUT2D eigenvalue weighted by Gasteiger charge is -2.15. The molecule has 1 atom stereocenters. The Morgan fingerprint density at radius 3 is 2.90 bits per heavy atom. The number of ketones is 1. The first-order valence-corrected chi connectivity index (χ1v) is 11.2. The summed E-state index contributed by atoms with van der Waals surface area (Å²) in [5.74, 6) is 0.529. The highest BCUT2D eigenvalue weighted by molar-refractivity contribution is 9.11. The molecular weight excluding hydrogens is 500 g/mol. The summed E-state index contributed by atoms with van der Waals surface area (Å²) >= 11 is 7.08. The molecule has 0 unspecified atom stereocenters. The van der Waals surface area contributed by atoms with Crippen LogP contribution in [0.2, 0.25) is 0 Å². The number of hydrogen-bond acceptors (Lipinski definition) is 4. The number of nitrogens with zero attached hydrogens (tertiary/aromatic N) is 2. The minimum absolute atomic E-state index is 0.0455. The van der Waals surface area contributed by atoms with E-state index in [1.807, 2.05) is 38.1 Å². The summed E-state index contributed by atoms with van der Waals surface area (Å²) in [4.78, 5) is 17.4. The predicted octanol–water partition coefficient (Wildman–Crippen LogP) is 5.62. The number of ether oxygens (including phenoxy) is 2. The van der Waals surface area contributed by atoms with Crippen molar-refractivity contribution in [2.24, 2.45) is 0 Å². The molecule has 0 saturated carbocycles. The SMILES string of the molecule is Cc1cc(C(=O)COc2c(Br)cc(Br)c3cccnc23)c(C)n1C[C@H]1CCCO1. The van der Waals surface area contributed by atoms with Crippen molar-refractivity contribution < 1.29 is 14.3 Å². The summed E-state index contributed by atoms with van der Waals surface area (Å²) in [5, 5.41) is 0.938. The molecule has 0 aliphatic carbocycles. The third-order valence-electron chi connectivity index (χ3n) is 5.38. The number of carbonyl (C=O) groups excluding carboxylic acids is 1. The van der Waals surface area contributed by atoms with E-state index in [0.29, 0.717) is 16.8 Å². The molecule has 2 aromatic heterocycles. The van der Waals surface area contributed by atoms with Crippen LogP contribution in [-0.4, -0.2) is 34.7 Å². The van der Waals surface area contributed by atoms with Crippen molar-refractivity contribution in [3.05, 3.63) is 56.4 Å². The molecule has 0 N–H and O–H groups in total. The zero-order valence-electron chi connectivity index (χ0n) is 16.4. The van der Waals surface area contributed by atoms with Gasteiger partial charge < -0.3 is 14.0 Å². The van der Waals surface area contributed by atoms with E-state index < -0.39 is 0 Å². The highest BCUT2D eigenvalue weighted by Crippen LogP contribution is 2.37. The normalized spacial score (nSPS) is 16.5. The molecule has 3 aromatic rings. The fraction of sp³-hybridized carbons (Fsp3) is 0.364. The van der Waals surface area contributed by atoms with Crippen LogP contribution >= 0.6 is 31.9 Å². The van der Waals surface area contributed by atoms with Gasteiger partial charge in [0.1, 0.15) is 5.52 Å². The fourth-order valence-electron chi connectivity index (χ4n) is 3.86. The average Bonchev–Trinajstić information content (AvgIpc) is 3.31. The Kier molecular flexibility index (Phi) is 6.08. The lowest BCUT2D eigenvalue weighted by molar-refractivity contribution is 0.0915. The van der Waals surface area contributed by atoms with Crippen molar-refractivity contribution in [3.8, 4) is 5.75 Å². The second-order valence-electron chi connectivity index (χ2n) is 7.31. The molecule has 0 bridgehead atoms. The predicted molar refractivity (Wildman–Crippen MR) is 120 cm³/mol. The van der Waals surface area contributed by atoms with Gasteiger partial charge in [0.05, 0.1) is 10.6 Å². The monoisotopic (exact) mass is 520 g/mol. The Hall–Kier alpha value is -1.70. The number of aryl methyl sites for hydroxylation is 1. The van der Waals surface area contributed by atoms with Crippen LogP contribution in [0.4, 0.5) is 0 Å². The standard InChI is InChI=1S/C22H22Br2N2O3/c1-13-9-17(14(2)26(13)11-15-5-4-8-28-15)20(27)12-29-22-19(24)10-18(23)16-6-3-7-25-21(16)22/h3,6-7,9-10,15H,4-5,8,11-12H2,1-2H3/t15-/m1/s1. The van der Waals surface area contributed by atoms with Crippen LogP contribution in [0.15, 0.2) is 39.4 Å². The molecule has 1 aliphatic rings. The summed E-state index contributed by atoms with van der Waals surface area (Å²) in [6, 6.07) is 7.70. The molecular formula is C22H22Br2N2O3. The van der Waals surface area contributed by atoms with E-state index in [-0.39, 0.29) is 18.5 Å². The van der Waals surface area contributed by atoms with Gasteiger partial charge in [0.2, 0.25) is 5.78 Å². The van der Waals surface area contributed by atoms with E-state index in [9.17, 15) is 4.79 Å². The van der Waals surface area contributed by atoms with Crippen molar-refractivity contribution in [1.82, 2.24) is 9.55 Å². The van der Waals surface area contributed by atoms with Gasteiger partial charge in [-0.3, -0.25) is 9.78 Å². The maximum atomic E-state index is 12.9. The van der Waals surface area contributed by atoms with Crippen LogP contribution < -0.4 is 4.74 Å². The van der Waals surface area contributed by atoms with Crippen molar-refractivity contribution >= 4 is 48.5 Å². The third kappa shape index (κ3) is 4.13. The van der Waals surface area contributed by atoms with E-state index in [4.69, 9.17) is 9.47 Å². The molecule has 0 amide bonds. The van der Waals surface area contributed by atoms with Gasteiger partial charge in [-0.15, -0.1) is 0 Å². The highest BCUT2D eigenvalue weighted by Gasteiger charge is 2.22. The molecule has 5 nitrogen and oxygen atoms in total. The molecule has 1 aromatic carbocycles. The Labute approximate surface area is 186 Å². The van der Waals surface area contributed by atoms with Crippen LogP contribution in [0.25, 0.3) is 10.9 Å². The van der Waals surface area contributed by atoms with Crippen LogP contribution in [0.3, 0.4) is 0 Å². The number of pyridine rings is 1. The summed E-state index contributed by atoms with van der Waals surface area (Å²) in [6.07, 6.45) is 4.12. The second kappa shape index (κ2) is 8.58. The van der Waals surface area contributed by atoms with Gasteiger partial charge in [0, 0.05) is 46.2 Å². The fourth-order valence-corrected chi connectivity index (χ4v) is 5.24. The number of hydrogen-bond donors (Lipinski definition) is 0. The summed E-state index contributed by atoms with van der Waals surface area (Å²) in [7, 11) is 0. The topological polar surface area (TPSA) is 53.3 Å². The minimum Gasteiger partial charge on any atom is -0.482 e. The summed E-state index contributed by atoms with van der Waals surface area (Å²) in [6.45, 7) is 5.59. The molecule has 152 valence electrons. The van der Waals surface area contributed by atoms with Gasteiger partial charge in [0.15, 0.2) is 12.4 Å². The summed E-state index contributed by atoms with van der Waals surface area (Å²) in [5.41, 5.74) is 3.44. The number of benzene rings is 1. The van der Waals surface area contributed by atoms with Gasteiger partial charge in [-0.05, 0) is 60.8 Å². The summed E-state index contributed by atoms with van der Waals surface area (Å²) < 4.78 is 15.6. The molecule has 4 rings (SSSR count). The van der Waals surface area contributed by atoms with Crippen molar-refractivity contribution in [2.75, 3.05) is 13.2 Å². The van der Waals surface area contributed by atoms with Crippen LogP contribution in [0.5, 0.6) is 5.75 Å². The number of aromatic nitrogens is 2. The average molecular weight is 522 g/mol. The Bertz CT molecular complexity index is 1070. The highest BCUT2D eigenvalue weighted by atomic mass is 79.9. The zero-order valence-corrected chi connectivity index (χ0v) is 19.5. The molecule has 3 heterocycles. The lowest BCUT2D eigenvalue weighted by atomic mass is 10.1. The van der Waals surface area contributed by atoms with E-state index >= 15 is 0 Å². The third-order valence-corrected chi connectivity index (χ3v) is 6.63. The van der Waals surface area contributed by atoms with Crippen molar-refractivity contribution in [2.45, 2.75) is 39.3 Å². The molecule has 1 saturated heterocycles. The van der Waals surface area contributed by atoms with Gasteiger partial charge >= 0.3 is 0 Å². The van der Waals surface area contributed by atoms with E-state index in [0.717, 1.165) is 51.7 Å². The number of Topliss-reactive ketones (excluding diaryl/α,β-unsaturated/α-hetero) is 1. The number of rotatable bonds is 6. The minimum atomic E-state index is -0.0457. The zero-order chi connectivity index (χ0) is 20.5. The number of fused-ring (bicyclic) bond motifs is 1. The molecule has 0 spiro atoms. The maximum absolute atomic E-state index is 12.9. The first-order valence-electron chi connectivity index (χ1n) is 9.62. The first-order chi connectivity index (χ1) is 14.0. The van der Waals surface area contributed by atoms with Crippen LogP contribution in [-0.2, 0) is 11.3 Å². The first kappa shape index (κ1) is 20.6. The molecule has 29 heavy (non-hydrogen) atoms. The Morgan fingerprint density at radius 2 is 2.14 bits per heavy atom. The maximum Gasteiger partial charge on any atom is 0.202 e. The van der Waals surface area contributed by atoms with Gasteiger partial charge in [-0.2, -0.15) is 0 Å². The van der Waals surface area contributed by atoms with E-state index in [1.54, 1.807) is 6.20 Å². The Balaban J connectivity index is 1.54. The largest absolute Gasteiger partial charge is 0.482 e. The smallest absolute Gasteiger partial charge is 0.202 e. The Morgan fingerprint density at radius 1 is 1.31 bits per heavy atom. The van der Waals surface area contributed by atoms with Crippen molar-refractivity contribution in [1.29, 1.82) is 0 Å². The molecule has 0 radical (unpaired) electrons. The van der Waals surface area contributed by atoms with Crippen LogP contribution in [0, 0.1) is 13.8 Å². The van der Waals surface area contributed by atoms with Gasteiger partial charge in [-0.1, -0.05) is 22.0 Å². The molecule has 7 heteroatoms. The van der Waals surface area contributed by atoms with E-state index in [2.05, 4.69) is 41.4 Å². The van der Waals surface area contributed by atoms with Crippen LogP contribution in [0.1, 0.15) is 34.6 Å². The number of halogens is 2.